The van der Waals surface area contributed by atoms with Crippen LogP contribution in [0.2, 0.25) is 0 Å². The Kier molecular flexibility index (Phi) is 3.74. The third-order valence-electron chi connectivity index (χ3n) is 2.75. The average Bonchev–Trinajstić information content (AvgIpc) is 2.67. The number of hydrogen-bond acceptors (Lipinski definition) is 6. The van der Waals surface area contributed by atoms with E-state index in [1.807, 2.05) is 6.92 Å². The van der Waals surface area contributed by atoms with Gasteiger partial charge in [0.25, 0.3) is 0 Å². The molecule has 2 rings (SSSR count). The molecule has 1 heterocycles. The van der Waals surface area contributed by atoms with E-state index in [1.54, 1.807) is 7.11 Å². The minimum absolute atomic E-state index is 0.377. The zero-order valence-corrected chi connectivity index (χ0v) is 9.69. The Labute approximate surface area is 94.8 Å². The fraction of sp³-hybridized carbons (Fsp3) is 0.800. The second-order valence-electron chi connectivity index (χ2n) is 3.95. The molecule has 1 fully saturated rings. The lowest BCUT2D eigenvalue weighted by Crippen LogP contribution is -2.40. The predicted octanol–water partition coefficient (Wildman–Crippen LogP) is 0.768. The minimum atomic E-state index is 0.377. The van der Waals surface area contributed by atoms with Gasteiger partial charge in [-0.25, -0.2) is 0 Å². The van der Waals surface area contributed by atoms with E-state index in [0.717, 1.165) is 19.4 Å². The molecule has 1 aromatic rings. The number of methoxy groups -OCH3 is 1. The van der Waals surface area contributed by atoms with E-state index in [4.69, 9.17) is 9.15 Å². The van der Waals surface area contributed by atoms with Crippen molar-refractivity contribution in [2.24, 2.45) is 0 Å². The summed E-state index contributed by atoms with van der Waals surface area (Å²) in [6.45, 7) is 3.55. The highest BCUT2D eigenvalue weighted by Gasteiger charge is 2.29. The monoisotopic (exact) mass is 226 g/mol. The molecule has 90 valence electrons. The first-order valence-electron chi connectivity index (χ1n) is 5.64. The molecule has 1 aliphatic carbocycles. The molecule has 1 saturated carbocycles. The fourth-order valence-corrected chi connectivity index (χ4v) is 1.67. The third kappa shape index (κ3) is 2.70. The zero-order valence-electron chi connectivity index (χ0n) is 9.69. The number of anilines is 1. The molecule has 0 aromatic carbocycles. The third-order valence-corrected chi connectivity index (χ3v) is 2.75. The number of nitrogens with one attached hydrogen (secondary N) is 2. The SMILES string of the molecule is CCNCc1nnc(NC2CC(OC)C2)o1. The van der Waals surface area contributed by atoms with Crippen LogP contribution in [-0.4, -0.2) is 36.0 Å². The van der Waals surface area contributed by atoms with Crippen molar-refractivity contribution in [1.82, 2.24) is 15.5 Å². The first-order valence-corrected chi connectivity index (χ1v) is 5.64. The maximum atomic E-state index is 5.42. The van der Waals surface area contributed by atoms with E-state index in [2.05, 4.69) is 20.8 Å². The first-order chi connectivity index (χ1) is 7.81. The van der Waals surface area contributed by atoms with E-state index in [9.17, 15) is 0 Å². The Bertz CT molecular complexity index is 322. The van der Waals surface area contributed by atoms with E-state index in [1.165, 1.54) is 0 Å². The molecule has 1 aliphatic rings. The predicted molar refractivity (Wildman–Crippen MR) is 59.1 cm³/mol. The molecule has 0 unspecified atom stereocenters. The second-order valence-corrected chi connectivity index (χ2v) is 3.95. The molecule has 6 nitrogen and oxygen atoms in total. The van der Waals surface area contributed by atoms with Gasteiger partial charge >= 0.3 is 6.01 Å². The quantitative estimate of drug-likeness (QED) is 0.746. The summed E-state index contributed by atoms with van der Waals surface area (Å²) in [5.41, 5.74) is 0. The molecule has 0 bridgehead atoms. The van der Waals surface area contributed by atoms with Gasteiger partial charge in [0.2, 0.25) is 5.89 Å². The Morgan fingerprint density at radius 3 is 2.94 bits per heavy atom. The maximum absolute atomic E-state index is 5.42. The van der Waals surface area contributed by atoms with Crippen molar-refractivity contribution >= 4 is 6.01 Å². The number of rotatable bonds is 6. The Hall–Kier alpha value is -1.14. The average molecular weight is 226 g/mol. The van der Waals surface area contributed by atoms with Crippen LogP contribution in [-0.2, 0) is 11.3 Å². The highest BCUT2D eigenvalue weighted by molar-refractivity contribution is 5.21. The number of ether oxygens (including phenoxy) is 1. The van der Waals surface area contributed by atoms with E-state index >= 15 is 0 Å². The summed E-state index contributed by atoms with van der Waals surface area (Å²) in [5.74, 6) is 0.618. The van der Waals surface area contributed by atoms with Crippen molar-refractivity contribution in [3.63, 3.8) is 0 Å². The molecule has 6 heteroatoms. The Morgan fingerprint density at radius 2 is 2.25 bits per heavy atom. The van der Waals surface area contributed by atoms with Crippen LogP contribution in [0.1, 0.15) is 25.7 Å². The summed E-state index contributed by atoms with van der Waals surface area (Å²) in [5, 5.41) is 14.2. The summed E-state index contributed by atoms with van der Waals surface area (Å²) >= 11 is 0. The molecule has 0 aliphatic heterocycles. The van der Waals surface area contributed by atoms with Crippen LogP contribution in [0.15, 0.2) is 4.42 Å². The second kappa shape index (κ2) is 5.27. The van der Waals surface area contributed by atoms with Crippen LogP contribution in [0, 0.1) is 0 Å². The van der Waals surface area contributed by atoms with Crippen LogP contribution in [0.25, 0.3) is 0 Å². The zero-order chi connectivity index (χ0) is 11.4. The molecule has 0 radical (unpaired) electrons. The number of hydrogen-bond donors (Lipinski definition) is 2. The standard InChI is InChI=1S/C10H18N4O2/c1-3-11-6-9-13-14-10(16-9)12-7-4-8(5-7)15-2/h7-8,11H,3-6H2,1-2H3,(H,12,14). The van der Waals surface area contributed by atoms with Crippen molar-refractivity contribution in [3.05, 3.63) is 5.89 Å². The van der Waals surface area contributed by atoms with Crippen LogP contribution < -0.4 is 10.6 Å². The van der Waals surface area contributed by atoms with Gasteiger partial charge in [0, 0.05) is 13.2 Å². The van der Waals surface area contributed by atoms with Gasteiger partial charge in [-0.1, -0.05) is 12.0 Å². The summed E-state index contributed by atoms with van der Waals surface area (Å²) in [4.78, 5) is 0. The van der Waals surface area contributed by atoms with Gasteiger partial charge in [-0.15, -0.1) is 5.10 Å². The lowest BCUT2D eigenvalue weighted by Gasteiger charge is -2.33. The Morgan fingerprint density at radius 1 is 1.44 bits per heavy atom. The molecule has 0 amide bonds. The van der Waals surface area contributed by atoms with Crippen molar-refractivity contribution < 1.29 is 9.15 Å². The van der Waals surface area contributed by atoms with Gasteiger partial charge in [-0.05, 0) is 19.4 Å². The largest absolute Gasteiger partial charge is 0.407 e. The lowest BCUT2D eigenvalue weighted by molar-refractivity contribution is 0.0323. The molecule has 0 saturated heterocycles. The molecule has 16 heavy (non-hydrogen) atoms. The molecule has 1 aromatic heterocycles. The minimum Gasteiger partial charge on any atom is -0.407 e. The van der Waals surface area contributed by atoms with Crippen molar-refractivity contribution in [2.45, 2.75) is 38.5 Å². The smallest absolute Gasteiger partial charge is 0.315 e. The molecular formula is C10H18N4O2. The van der Waals surface area contributed by atoms with Gasteiger partial charge in [0.1, 0.15) is 0 Å². The summed E-state index contributed by atoms with van der Waals surface area (Å²) in [6.07, 6.45) is 2.38. The van der Waals surface area contributed by atoms with Crippen LogP contribution in [0.4, 0.5) is 6.01 Å². The highest BCUT2D eigenvalue weighted by Crippen LogP contribution is 2.25. The topological polar surface area (TPSA) is 72.2 Å². The lowest BCUT2D eigenvalue weighted by atomic mass is 9.89. The van der Waals surface area contributed by atoms with Crippen LogP contribution in [0.5, 0.6) is 0 Å². The van der Waals surface area contributed by atoms with Gasteiger partial charge in [-0.2, -0.15) is 0 Å². The van der Waals surface area contributed by atoms with Gasteiger partial charge in [0.05, 0.1) is 12.6 Å². The van der Waals surface area contributed by atoms with Crippen molar-refractivity contribution in [1.29, 1.82) is 0 Å². The van der Waals surface area contributed by atoms with Gasteiger partial charge in [0.15, 0.2) is 0 Å². The van der Waals surface area contributed by atoms with Crippen molar-refractivity contribution in [2.75, 3.05) is 19.0 Å². The van der Waals surface area contributed by atoms with Crippen LogP contribution in [0.3, 0.4) is 0 Å². The van der Waals surface area contributed by atoms with E-state index in [0.29, 0.717) is 30.6 Å². The number of nitrogens with zero attached hydrogens (tertiary/aromatic N) is 2. The summed E-state index contributed by atoms with van der Waals surface area (Å²) < 4.78 is 10.6. The van der Waals surface area contributed by atoms with E-state index < -0.39 is 0 Å². The Balaban J connectivity index is 1.75. The summed E-state index contributed by atoms with van der Waals surface area (Å²) in [7, 11) is 1.74. The maximum Gasteiger partial charge on any atom is 0.315 e. The number of aromatic nitrogens is 2. The molecule has 0 atom stereocenters. The first kappa shape index (κ1) is 11.3. The highest BCUT2D eigenvalue weighted by atomic mass is 16.5. The van der Waals surface area contributed by atoms with Gasteiger partial charge in [-0.3, -0.25) is 0 Å². The fourth-order valence-electron chi connectivity index (χ4n) is 1.67. The molecule has 2 N–H and O–H groups in total. The van der Waals surface area contributed by atoms with Gasteiger partial charge < -0.3 is 19.8 Å². The van der Waals surface area contributed by atoms with E-state index in [-0.39, 0.29) is 0 Å². The van der Waals surface area contributed by atoms with Crippen LogP contribution >= 0.6 is 0 Å². The normalized spacial score (nSPS) is 24.1. The summed E-state index contributed by atoms with van der Waals surface area (Å²) in [6, 6.07) is 0.907. The molecule has 0 spiro atoms. The molecular weight excluding hydrogens is 208 g/mol. The van der Waals surface area contributed by atoms with Crippen molar-refractivity contribution in [3.8, 4) is 0 Å².